The highest BCUT2D eigenvalue weighted by Gasteiger charge is 2.29. The van der Waals surface area contributed by atoms with Gasteiger partial charge >= 0.3 is 0 Å². The molecular formula is C15H23NS2. The fourth-order valence-electron chi connectivity index (χ4n) is 2.57. The van der Waals surface area contributed by atoms with E-state index in [-0.39, 0.29) is 0 Å². The van der Waals surface area contributed by atoms with Crippen LogP contribution in [0, 0.1) is 6.92 Å². The molecule has 18 heavy (non-hydrogen) atoms. The SMILES string of the molecule is CNC(Cc1cccc(C)c1)C1SCCSC1C. The van der Waals surface area contributed by atoms with Crippen molar-refractivity contribution in [1.29, 1.82) is 0 Å². The van der Waals surface area contributed by atoms with Gasteiger partial charge in [-0.05, 0) is 26.0 Å². The summed E-state index contributed by atoms with van der Waals surface area (Å²) < 4.78 is 0. The van der Waals surface area contributed by atoms with Gasteiger partial charge in [0.1, 0.15) is 0 Å². The van der Waals surface area contributed by atoms with Crippen molar-refractivity contribution in [2.45, 2.75) is 36.8 Å². The fraction of sp³-hybridized carbons (Fsp3) is 0.600. The van der Waals surface area contributed by atoms with Crippen LogP contribution in [-0.4, -0.2) is 35.1 Å². The maximum Gasteiger partial charge on any atom is 0.0320 e. The molecule has 3 atom stereocenters. The molecule has 1 fully saturated rings. The number of hydrogen-bond acceptors (Lipinski definition) is 3. The van der Waals surface area contributed by atoms with Gasteiger partial charge in [-0.2, -0.15) is 23.5 Å². The van der Waals surface area contributed by atoms with E-state index in [0.717, 1.165) is 16.9 Å². The lowest BCUT2D eigenvalue weighted by Gasteiger charge is -2.34. The zero-order valence-corrected chi connectivity index (χ0v) is 13.1. The van der Waals surface area contributed by atoms with E-state index in [1.54, 1.807) is 0 Å². The average Bonchev–Trinajstić information content (AvgIpc) is 2.37. The number of rotatable bonds is 4. The third-order valence-corrected chi connectivity index (χ3v) is 6.79. The maximum absolute atomic E-state index is 3.54. The quantitative estimate of drug-likeness (QED) is 0.909. The molecule has 1 heterocycles. The smallest absolute Gasteiger partial charge is 0.0320 e. The number of thioether (sulfide) groups is 2. The molecule has 0 saturated carbocycles. The largest absolute Gasteiger partial charge is 0.316 e. The van der Waals surface area contributed by atoms with E-state index in [4.69, 9.17) is 0 Å². The predicted molar refractivity (Wildman–Crippen MR) is 85.9 cm³/mol. The van der Waals surface area contributed by atoms with Gasteiger partial charge in [0.2, 0.25) is 0 Å². The summed E-state index contributed by atoms with van der Waals surface area (Å²) >= 11 is 4.27. The van der Waals surface area contributed by atoms with Crippen LogP contribution in [0.5, 0.6) is 0 Å². The third-order valence-electron chi connectivity index (χ3n) is 3.54. The van der Waals surface area contributed by atoms with Crippen LogP contribution in [0.2, 0.25) is 0 Å². The zero-order valence-electron chi connectivity index (χ0n) is 11.5. The molecule has 2 rings (SSSR count). The Labute approximate surface area is 120 Å². The first-order valence-corrected chi connectivity index (χ1v) is 8.76. The van der Waals surface area contributed by atoms with Crippen molar-refractivity contribution in [2.75, 3.05) is 18.6 Å². The molecule has 100 valence electrons. The molecule has 0 aromatic heterocycles. The molecule has 0 aliphatic carbocycles. The van der Waals surface area contributed by atoms with Gasteiger partial charge < -0.3 is 5.32 Å². The van der Waals surface area contributed by atoms with Crippen molar-refractivity contribution in [2.24, 2.45) is 0 Å². The Kier molecular flexibility index (Phi) is 5.46. The highest BCUT2D eigenvalue weighted by Crippen LogP contribution is 2.33. The van der Waals surface area contributed by atoms with Crippen LogP contribution in [0.25, 0.3) is 0 Å². The molecule has 1 aromatic rings. The van der Waals surface area contributed by atoms with E-state index < -0.39 is 0 Å². The highest BCUT2D eigenvalue weighted by atomic mass is 32.2. The van der Waals surface area contributed by atoms with E-state index in [9.17, 15) is 0 Å². The van der Waals surface area contributed by atoms with E-state index in [2.05, 4.69) is 74.0 Å². The summed E-state index contributed by atoms with van der Waals surface area (Å²) in [4.78, 5) is 0. The molecule has 0 amide bonds. The Morgan fingerprint density at radius 1 is 1.33 bits per heavy atom. The summed E-state index contributed by atoms with van der Waals surface area (Å²) in [6, 6.07) is 9.49. The summed E-state index contributed by atoms with van der Waals surface area (Å²) in [6.45, 7) is 4.55. The van der Waals surface area contributed by atoms with Crippen molar-refractivity contribution in [3.8, 4) is 0 Å². The third kappa shape index (κ3) is 3.69. The molecule has 1 nitrogen and oxygen atoms in total. The predicted octanol–water partition coefficient (Wildman–Crippen LogP) is 3.36. The Morgan fingerprint density at radius 3 is 2.78 bits per heavy atom. The van der Waals surface area contributed by atoms with E-state index in [1.165, 1.54) is 22.6 Å². The van der Waals surface area contributed by atoms with Crippen LogP contribution in [0.1, 0.15) is 18.1 Å². The Hall–Kier alpha value is -0.120. The molecule has 0 spiro atoms. The van der Waals surface area contributed by atoms with Crippen molar-refractivity contribution in [3.63, 3.8) is 0 Å². The zero-order chi connectivity index (χ0) is 13.0. The summed E-state index contributed by atoms with van der Waals surface area (Å²) in [5, 5.41) is 5.02. The van der Waals surface area contributed by atoms with Crippen molar-refractivity contribution in [1.82, 2.24) is 5.32 Å². The van der Waals surface area contributed by atoms with E-state index in [1.807, 2.05) is 0 Å². The Morgan fingerprint density at radius 2 is 2.11 bits per heavy atom. The van der Waals surface area contributed by atoms with Gasteiger partial charge in [-0.15, -0.1) is 0 Å². The molecule has 3 heteroatoms. The monoisotopic (exact) mass is 281 g/mol. The molecule has 3 unspecified atom stereocenters. The summed E-state index contributed by atoms with van der Waals surface area (Å²) in [5.41, 5.74) is 2.82. The summed E-state index contributed by atoms with van der Waals surface area (Å²) in [6.07, 6.45) is 1.14. The van der Waals surface area contributed by atoms with Gasteiger partial charge in [-0.25, -0.2) is 0 Å². The van der Waals surface area contributed by atoms with Crippen molar-refractivity contribution < 1.29 is 0 Å². The topological polar surface area (TPSA) is 12.0 Å². The van der Waals surface area contributed by atoms with Crippen LogP contribution in [-0.2, 0) is 6.42 Å². The Bertz CT molecular complexity index is 381. The lowest BCUT2D eigenvalue weighted by atomic mass is 10.0. The molecular weight excluding hydrogens is 258 g/mol. The number of benzene rings is 1. The second kappa shape index (κ2) is 6.88. The molecule has 1 N–H and O–H groups in total. The molecule has 1 aromatic carbocycles. The van der Waals surface area contributed by atoms with Gasteiger partial charge in [0.05, 0.1) is 0 Å². The first kappa shape index (κ1) is 14.3. The second-order valence-corrected chi connectivity index (χ2v) is 7.77. The van der Waals surface area contributed by atoms with Crippen molar-refractivity contribution in [3.05, 3.63) is 35.4 Å². The van der Waals surface area contributed by atoms with E-state index >= 15 is 0 Å². The molecule has 1 aliphatic heterocycles. The van der Waals surface area contributed by atoms with Gasteiger partial charge in [0.25, 0.3) is 0 Å². The first-order valence-electron chi connectivity index (χ1n) is 6.66. The first-order chi connectivity index (χ1) is 8.70. The normalized spacial score (nSPS) is 25.9. The lowest BCUT2D eigenvalue weighted by Crippen LogP contribution is -2.44. The van der Waals surface area contributed by atoms with Crippen LogP contribution < -0.4 is 5.32 Å². The van der Waals surface area contributed by atoms with Gasteiger partial charge in [-0.1, -0.05) is 36.8 Å². The minimum Gasteiger partial charge on any atom is -0.316 e. The van der Waals surface area contributed by atoms with Crippen LogP contribution in [0.15, 0.2) is 24.3 Å². The molecule has 1 aliphatic rings. The van der Waals surface area contributed by atoms with Gasteiger partial charge in [0.15, 0.2) is 0 Å². The molecule has 0 radical (unpaired) electrons. The standard InChI is InChI=1S/C15H23NS2/c1-11-5-4-6-13(9-11)10-14(16-3)15-12(2)17-7-8-18-15/h4-6,9,12,14-16H,7-8,10H2,1-3H3. The summed E-state index contributed by atoms with van der Waals surface area (Å²) in [7, 11) is 2.10. The van der Waals surface area contributed by atoms with Crippen LogP contribution in [0.4, 0.5) is 0 Å². The second-order valence-electron chi connectivity index (χ2n) is 5.00. The Balaban J connectivity index is 2.04. The minimum absolute atomic E-state index is 0.583. The fourth-order valence-corrected chi connectivity index (χ4v) is 5.57. The van der Waals surface area contributed by atoms with Crippen LogP contribution >= 0.6 is 23.5 Å². The molecule has 1 saturated heterocycles. The van der Waals surface area contributed by atoms with Crippen molar-refractivity contribution >= 4 is 23.5 Å². The highest BCUT2D eigenvalue weighted by molar-refractivity contribution is 8.07. The minimum atomic E-state index is 0.583. The van der Waals surface area contributed by atoms with Gasteiger partial charge in [0, 0.05) is 28.0 Å². The number of likely N-dealkylation sites (N-methyl/N-ethyl adjacent to an activating group) is 1. The average molecular weight is 281 g/mol. The molecule has 0 bridgehead atoms. The maximum atomic E-state index is 3.54. The number of aryl methyl sites for hydroxylation is 1. The van der Waals surface area contributed by atoms with Crippen LogP contribution in [0.3, 0.4) is 0 Å². The van der Waals surface area contributed by atoms with E-state index in [0.29, 0.717) is 6.04 Å². The van der Waals surface area contributed by atoms with Gasteiger partial charge in [-0.3, -0.25) is 0 Å². The number of hydrogen-bond donors (Lipinski definition) is 1. The number of nitrogens with one attached hydrogen (secondary N) is 1. The lowest BCUT2D eigenvalue weighted by molar-refractivity contribution is 0.531. The summed E-state index contributed by atoms with van der Waals surface area (Å²) in [5.74, 6) is 2.61.